The molecule has 6 nitrogen and oxygen atoms in total. The molecule has 0 fully saturated rings. The van der Waals surface area contributed by atoms with Crippen LogP contribution in [0.25, 0.3) is 10.9 Å². The van der Waals surface area contributed by atoms with Crippen molar-refractivity contribution in [2.45, 2.75) is 12.6 Å². The van der Waals surface area contributed by atoms with Crippen LogP contribution in [0.1, 0.15) is 33.1 Å². The van der Waals surface area contributed by atoms with Crippen LogP contribution in [0.2, 0.25) is 5.02 Å². The van der Waals surface area contributed by atoms with Crippen LogP contribution < -0.4 is 10.1 Å². The van der Waals surface area contributed by atoms with Crippen molar-refractivity contribution >= 4 is 56.1 Å². The van der Waals surface area contributed by atoms with E-state index in [4.69, 9.17) is 16.3 Å². The number of nitrogens with zero attached hydrogens (tertiary/aromatic N) is 2. The van der Waals surface area contributed by atoms with Crippen LogP contribution in [0.5, 0.6) is 5.75 Å². The summed E-state index contributed by atoms with van der Waals surface area (Å²) in [7, 11) is 1.57. The van der Waals surface area contributed by atoms with Gasteiger partial charge >= 0.3 is 6.03 Å². The molecular formula is C31H21BrClF2N3O3. The molecule has 4 aromatic carbocycles. The number of benzene rings is 4. The summed E-state index contributed by atoms with van der Waals surface area (Å²) < 4.78 is 35.5. The molecule has 0 aliphatic carbocycles. The highest BCUT2D eigenvalue weighted by atomic mass is 79.9. The van der Waals surface area contributed by atoms with Crippen LogP contribution in [-0.2, 0) is 6.54 Å². The standard InChI is InChI=1S/C31H21BrClF2N3O3/c1-41-22-6-2-17(3-7-22)16-38-29(23-15-21(35)4-8-25(23)33)28-24(30(38)39)13-19(32)14-26(28)36-31(40)37-11-10-18-12-20(34)5-9-27(18)37/h2-15,29H,16H2,1H3,(H,36,40). The minimum Gasteiger partial charge on any atom is -0.497 e. The summed E-state index contributed by atoms with van der Waals surface area (Å²) in [6.07, 6.45) is 1.54. The summed E-state index contributed by atoms with van der Waals surface area (Å²) >= 11 is 10.1. The van der Waals surface area contributed by atoms with E-state index in [9.17, 15) is 18.4 Å². The van der Waals surface area contributed by atoms with E-state index in [2.05, 4.69) is 21.2 Å². The van der Waals surface area contributed by atoms with Gasteiger partial charge in [-0.1, -0.05) is 39.7 Å². The summed E-state index contributed by atoms with van der Waals surface area (Å²) in [6.45, 7) is 0.188. The van der Waals surface area contributed by atoms with Crippen LogP contribution in [0.3, 0.4) is 0 Å². The van der Waals surface area contributed by atoms with Gasteiger partial charge in [0.15, 0.2) is 0 Å². The summed E-state index contributed by atoms with van der Waals surface area (Å²) in [5.74, 6) is -0.558. The first-order chi connectivity index (χ1) is 19.7. The quantitative estimate of drug-likeness (QED) is 0.212. The Bertz CT molecular complexity index is 1840. The summed E-state index contributed by atoms with van der Waals surface area (Å²) in [4.78, 5) is 29.0. The Morgan fingerprint density at radius 3 is 2.49 bits per heavy atom. The third-order valence-corrected chi connectivity index (χ3v) is 7.90. The second-order valence-electron chi connectivity index (χ2n) is 9.58. The van der Waals surface area contributed by atoms with E-state index in [-0.39, 0.29) is 17.5 Å². The van der Waals surface area contributed by atoms with E-state index in [0.29, 0.717) is 43.5 Å². The number of hydrogen-bond donors (Lipinski definition) is 1. The molecule has 0 saturated carbocycles. The maximum Gasteiger partial charge on any atom is 0.330 e. The lowest BCUT2D eigenvalue weighted by Crippen LogP contribution is -2.29. The van der Waals surface area contributed by atoms with Crippen LogP contribution in [-0.4, -0.2) is 28.5 Å². The Kier molecular flexibility index (Phi) is 7.01. The largest absolute Gasteiger partial charge is 0.497 e. The van der Waals surface area contributed by atoms with Gasteiger partial charge in [-0.05, 0) is 72.3 Å². The number of carbonyl (C=O) groups is 2. The third-order valence-electron chi connectivity index (χ3n) is 7.10. The fourth-order valence-corrected chi connectivity index (χ4v) is 5.90. The topological polar surface area (TPSA) is 63.6 Å². The molecule has 1 atom stereocenters. The van der Waals surface area contributed by atoms with E-state index in [0.717, 1.165) is 5.56 Å². The zero-order chi connectivity index (χ0) is 28.8. The smallest absolute Gasteiger partial charge is 0.330 e. The fraction of sp³-hybridized carbons (Fsp3) is 0.0968. The van der Waals surface area contributed by atoms with Gasteiger partial charge in [-0.3, -0.25) is 9.36 Å². The molecule has 6 rings (SSSR count). The van der Waals surface area contributed by atoms with Crippen molar-refractivity contribution in [2.75, 3.05) is 12.4 Å². The van der Waals surface area contributed by atoms with Gasteiger partial charge in [0.1, 0.15) is 17.4 Å². The molecule has 1 aromatic heterocycles. The minimum atomic E-state index is -0.804. The molecule has 2 heterocycles. The van der Waals surface area contributed by atoms with Crippen molar-refractivity contribution in [3.63, 3.8) is 0 Å². The number of halogens is 4. The van der Waals surface area contributed by atoms with Crippen LogP contribution in [0.15, 0.2) is 89.5 Å². The highest BCUT2D eigenvalue weighted by Crippen LogP contribution is 2.46. The molecule has 0 bridgehead atoms. The molecule has 0 spiro atoms. The van der Waals surface area contributed by atoms with Gasteiger partial charge in [-0.15, -0.1) is 0 Å². The highest BCUT2D eigenvalue weighted by molar-refractivity contribution is 9.10. The Hall–Kier alpha value is -4.21. The average Bonchev–Trinajstić information content (AvgIpc) is 3.49. The predicted octanol–water partition coefficient (Wildman–Crippen LogP) is 8.17. The van der Waals surface area contributed by atoms with Gasteiger partial charge < -0.3 is 15.0 Å². The van der Waals surface area contributed by atoms with Gasteiger partial charge in [0.25, 0.3) is 5.91 Å². The maximum atomic E-state index is 14.6. The number of fused-ring (bicyclic) bond motifs is 2. The SMILES string of the molecule is COc1ccc(CN2C(=O)c3cc(Br)cc(NC(=O)n4ccc5cc(F)ccc54)c3C2c2cc(F)ccc2Cl)cc1. The summed E-state index contributed by atoms with van der Waals surface area (Å²) in [5, 5.41) is 3.75. The second-order valence-corrected chi connectivity index (χ2v) is 10.9. The van der Waals surface area contributed by atoms with Gasteiger partial charge in [0, 0.05) is 50.0 Å². The van der Waals surface area contributed by atoms with Gasteiger partial charge in [0.05, 0.1) is 18.7 Å². The van der Waals surface area contributed by atoms with E-state index in [1.807, 2.05) is 12.1 Å². The Morgan fingerprint density at radius 1 is 1.00 bits per heavy atom. The highest BCUT2D eigenvalue weighted by Gasteiger charge is 2.41. The zero-order valence-corrected chi connectivity index (χ0v) is 23.8. The summed E-state index contributed by atoms with van der Waals surface area (Å²) in [6, 6.07) is 19.1. The lowest BCUT2D eigenvalue weighted by atomic mass is 9.95. The number of methoxy groups -OCH3 is 1. The molecule has 0 saturated heterocycles. The van der Waals surface area contributed by atoms with E-state index < -0.39 is 23.7 Å². The maximum absolute atomic E-state index is 14.6. The number of ether oxygens (including phenoxy) is 1. The lowest BCUT2D eigenvalue weighted by Gasteiger charge is -2.28. The first kappa shape index (κ1) is 27.0. The summed E-state index contributed by atoms with van der Waals surface area (Å²) in [5.41, 5.74) is 2.88. The third kappa shape index (κ3) is 4.96. The molecule has 10 heteroatoms. The predicted molar refractivity (Wildman–Crippen MR) is 157 cm³/mol. The van der Waals surface area contributed by atoms with E-state index >= 15 is 0 Å². The van der Waals surface area contributed by atoms with Gasteiger partial charge in [0.2, 0.25) is 0 Å². The number of carbonyl (C=O) groups excluding carboxylic acids is 2. The lowest BCUT2D eigenvalue weighted by molar-refractivity contribution is 0.0736. The molecule has 41 heavy (non-hydrogen) atoms. The van der Waals surface area contributed by atoms with Crippen molar-refractivity contribution in [1.82, 2.24) is 9.47 Å². The van der Waals surface area contributed by atoms with Crippen LogP contribution in [0, 0.1) is 11.6 Å². The Balaban J connectivity index is 1.46. The molecule has 5 aromatic rings. The van der Waals surface area contributed by atoms with Crippen molar-refractivity contribution in [3.8, 4) is 5.75 Å². The molecule has 206 valence electrons. The van der Waals surface area contributed by atoms with Crippen molar-refractivity contribution in [2.24, 2.45) is 0 Å². The number of rotatable bonds is 5. The molecule has 2 amide bonds. The number of anilines is 1. The molecule has 1 unspecified atom stereocenters. The van der Waals surface area contributed by atoms with Crippen molar-refractivity contribution in [1.29, 1.82) is 0 Å². The number of aromatic nitrogens is 1. The first-order valence-corrected chi connectivity index (χ1v) is 13.7. The van der Waals surface area contributed by atoms with Gasteiger partial charge in [-0.25, -0.2) is 13.6 Å². The fourth-order valence-electron chi connectivity index (χ4n) is 5.22. The number of nitrogens with one attached hydrogen (secondary N) is 1. The minimum absolute atomic E-state index is 0.188. The van der Waals surface area contributed by atoms with Crippen molar-refractivity contribution < 1.29 is 23.1 Å². The monoisotopic (exact) mass is 635 g/mol. The Morgan fingerprint density at radius 2 is 1.73 bits per heavy atom. The van der Waals surface area contributed by atoms with Crippen LogP contribution >= 0.6 is 27.5 Å². The zero-order valence-electron chi connectivity index (χ0n) is 21.5. The molecule has 1 N–H and O–H groups in total. The molecular weight excluding hydrogens is 616 g/mol. The molecule has 1 aliphatic heterocycles. The van der Waals surface area contributed by atoms with E-state index in [1.165, 1.54) is 41.0 Å². The van der Waals surface area contributed by atoms with Crippen LogP contribution in [0.4, 0.5) is 19.3 Å². The molecule has 1 aliphatic rings. The average molecular weight is 637 g/mol. The first-order valence-electron chi connectivity index (χ1n) is 12.5. The normalized spacial score (nSPS) is 14.4. The number of amides is 2. The van der Waals surface area contributed by atoms with Gasteiger partial charge in [-0.2, -0.15) is 0 Å². The molecule has 0 radical (unpaired) electrons. The van der Waals surface area contributed by atoms with E-state index in [1.54, 1.807) is 48.5 Å². The van der Waals surface area contributed by atoms with Crippen molar-refractivity contribution in [3.05, 3.63) is 128 Å². The number of hydrogen-bond acceptors (Lipinski definition) is 3. The second kappa shape index (κ2) is 10.6. The Labute approximate surface area is 247 Å².